The van der Waals surface area contributed by atoms with E-state index in [1.807, 2.05) is 0 Å². The molecule has 0 aliphatic rings. The summed E-state index contributed by atoms with van der Waals surface area (Å²) in [4.78, 5) is 11.8. The summed E-state index contributed by atoms with van der Waals surface area (Å²) < 4.78 is 5.15. The molecule has 23 heavy (non-hydrogen) atoms. The number of phenolic OH excluding ortho intramolecular Hbond substituents is 2. The van der Waals surface area contributed by atoms with Crippen molar-refractivity contribution in [3.05, 3.63) is 23.8 Å². The third kappa shape index (κ3) is 9.11. The lowest BCUT2D eigenvalue weighted by molar-refractivity contribution is 0.0496. The third-order valence-electron chi connectivity index (χ3n) is 3.87. The van der Waals surface area contributed by atoms with Gasteiger partial charge in [-0.05, 0) is 18.6 Å². The Morgan fingerprint density at radius 2 is 1.30 bits per heavy atom. The molecule has 0 unspecified atom stereocenters. The fourth-order valence-electron chi connectivity index (χ4n) is 2.55. The fraction of sp³-hybridized carbons (Fsp3) is 0.632. The Morgan fingerprint density at radius 1 is 0.826 bits per heavy atom. The molecule has 2 N–H and O–H groups in total. The SMILES string of the molecule is CCCCCCCCCCCCOC(=O)c1cc(O)cc(O)c1. The van der Waals surface area contributed by atoms with Crippen molar-refractivity contribution in [1.82, 2.24) is 0 Å². The van der Waals surface area contributed by atoms with Gasteiger partial charge in [0.15, 0.2) is 0 Å². The van der Waals surface area contributed by atoms with E-state index in [9.17, 15) is 15.0 Å². The minimum Gasteiger partial charge on any atom is -0.508 e. The summed E-state index contributed by atoms with van der Waals surface area (Å²) in [5, 5.41) is 18.7. The van der Waals surface area contributed by atoms with E-state index in [4.69, 9.17) is 4.74 Å². The molecule has 1 rings (SSSR count). The maximum absolute atomic E-state index is 11.8. The predicted octanol–water partition coefficient (Wildman–Crippen LogP) is 5.18. The lowest BCUT2D eigenvalue weighted by Crippen LogP contribution is -2.06. The van der Waals surface area contributed by atoms with E-state index in [0.717, 1.165) is 12.8 Å². The second-order valence-corrected chi connectivity index (χ2v) is 6.06. The molecule has 0 bridgehead atoms. The minimum atomic E-state index is -0.507. The van der Waals surface area contributed by atoms with Crippen LogP contribution in [-0.2, 0) is 4.74 Å². The molecule has 0 heterocycles. The lowest BCUT2D eigenvalue weighted by atomic mass is 10.1. The Labute approximate surface area is 139 Å². The number of esters is 1. The van der Waals surface area contributed by atoms with Crippen molar-refractivity contribution in [2.24, 2.45) is 0 Å². The van der Waals surface area contributed by atoms with Gasteiger partial charge in [0.1, 0.15) is 11.5 Å². The van der Waals surface area contributed by atoms with Crippen LogP contribution in [0.1, 0.15) is 81.5 Å². The van der Waals surface area contributed by atoms with Crippen LogP contribution in [0.4, 0.5) is 0 Å². The summed E-state index contributed by atoms with van der Waals surface area (Å²) in [6, 6.07) is 3.76. The van der Waals surface area contributed by atoms with Crippen molar-refractivity contribution in [2.45, 2.75) is 71.1 Å². The number of hydrogen-bond acceptors (Lipinski definition) is 4. The molecule has 0 aliphatic carbocycles. The molecule has 0 aromatic heterocycles. The number of carbonyl (C=O) groups is 1. The van der Waals surface area contributed by atoms with Gasteiger partial charge in [-0.3, -0.25) is 0 Å². The van der Waals surface area contributed by atoms with Crippen LogP contribution in [0.2, 0.25) is 0 Å². The largest absolute Gasteiger partial charge is 0.508 e. The number of rotatable bonds is 12. The first-order valence-corrected chi connectivity index (χ1v) is 8.83. The topological polar surface area (TPSA) is 66.8 Å². The van der Waals surface area contributed by atoms with Crippen LogP contribution in [0.5, 0.6) is 11.5 Å². The number of unbranched alkanes of at least 4 members (excludes halogenated alkanes) is 9. The highest BCUT2D eigenvalue weighted by Gasteiger charge is 2.09. The molecule has 0 saturated carbocycles. The monoisotopic (exact) mass is 322 g/mol. The smallest absolute Gasteiger partial charge is 0.338 e. The van der Waals surface area contributed by atoms with Gasteiger partial charge in [0.05, 0.1) is 12.2 Å². The average Bonchev–Trinajstić information content (AvgIpc) is 2.51. The van der Waals surface area contributed by atoms with Crippen molar-refractivity contribution < 1.29 is 19.7 Å². The Morgan fingerprint density at radius 3 is 1.83 bits per heavy atom. The summed E-state index contributed by atoms with van der Waals surface area (Å²) in [5.74, 6) is -0.793. The van der Waals surface area contributed by atoms with Gasteiger partial charge >= 0.3 is 5.97 Å². The number of ether oxygens (including phenoxy) is 1. The van der Waals surface area contributed by atoms with E-state index in [1.165, 1.54) is 69.6 Å². The molecule has 0 amide bonds. The lowest BCUT2D eigenvalue weighted by Gasteiger charge is -2.06. The second kappa shape index (κ2) is 11.8. The van der Waals surface area contributed by atoms with Gasteiger partial charge < -0.3 is 14.9 Å². The Balaban J connectivity index is 2.01. The zero-order valence-corrected chi connectivity index (χ0v) is 14.2. The molecule has 1 aromatic rings. The van der Waals surface area contributed by atoms with Crippen molar-refractivity contribution in [3.63, 3.8) is 0 Å². The molecule has 4 nitrogen and oxygen atoms in total. The maximum atomic E-state index is 11.8. The third-order valence-corrected chi connectivity index (χ3v) is 3.87. The van der Waals surface area contributed by atoms with Gasteiger partial charge in [0, 0.05) is 6.07 Å². The van der Waals surface area contributed by atoms with Gasteiger partial charge in [-0.15, -0.1) is 0 Å². The van der Waals surface area contributed by atoms with Crippen LogP contribution in [0.25, 0.3) is 0 Å². The Kier molecular flexibility index (Phi) is 9.92. The molecule has 1 aromatic carbocycles. The maximum Gasteiger partial charge on any atom is 0.338 e. The van der Waals surface area contributed by atoms with Crippen molar-refractivity contribution >= 4 is 5.97 Å². The summed E-state index contributed by atoms with van der Waals surface area (Å²) in [5.41, 5.74) is 0.176. The van der Waals surface area contributed by atoms with Crippen LogP contribution < -0.4 is 0 Å². The van der Waals surface area contributed by atoms with E-state index < -0.39 is 5.97 Å². The summed E-state index contributed by atoms with van der Waals surface area (Å²) in [6.45, 7) is 2.61. The normalized spacial score (nSPS) is 10.7. The predicted molar refractivity (Wildman–Crippen MR) is 91.9 cm³/mol. The molecule has 130 valence electrons. The van der Waals surface area contributed by atoms with E-state index in [0.29, 0.717) is 6.61 Å². The molecule has 0 saturated heterocycles. The van der Waals surface area contributed by atoms with Crippen LogP contribution >= 0.6 is 0 Å². The number of aromatic hydroxyl groups is 2. The van der Waals surface area contributed by atoms with Gasteiger partial charge in [-0.1, -0.05) is 64.7 Å². The van der Waals surface area contributed by atoms with E-state index in [2.05, 4.69) is 6.92 Å². The molecular formula is C19H30O4. The van der Waals surface area contributed by atoms with Crippen molar-refractivity contribution in [2.75, 3.05) is 6.61 Å². The second-order valence-electron chi connectivity index (χ2n) is 6.06. The van der Waals surface area contributed by atoms with Gasteiger partial charge in [0.25, 0.3) is 0 Å². The first-order valence-electron chi connectivity index (χ1n) is 8.83. The van der Waals surface area contributed by atoms with Gasteiger partial charge in [-0.25, -0.2) is 4.79 Å². The van der Waals surface area contributed by atoms with Crippen LogP contribution in [0.15, 0.2) is 18.2 Å². The highest BCUT2D eigenvalue weighted by atomic mass is 16.5. The molecule has 0 atom stereocenters. The van der Waals surface area contributed by atoms with Crippen LogP contribution in [0, 0.1) is 0 Å². The standard InChI is InChI=1S/C19H30O4/c1-2-3-4-5-6-7-8-9-10-11-12-23-19(22)16-13-17(20)15-18(21)14-16/h13-15,20-21H,2-12H2,1H3. The van der Waals surface area contributed by atoms with Crippen LogP contribution in [-0.4, -0.2) is 22.8 Å². The number of carbonyl (C=O) groups excluding carboxylic acids is 1. The minimum absolute atomic E-state index is 0.143. The zero-order chi connectivity index (χ0) is 16.9. The first kappa shape index (κ1) is 19.3. The van der Waals surface area contributed by atoms with Gasteiger partial charge in [-0.2, -0.15) is 0 Å². The fourth-order valence-corrected chi connectivity index (χ4v) is 2.55. The highest BCUT2D eigenvalue weighted by molar-refractivity contribution is 5.90. The Hall–Kier alpha value is -1.71. The zero-order valence-electron chi connectivity index (χ0n) is 14.2. The molecule has 0 spiro atoms. The number of benzene rings is 1. The summed E-state index contributed by atoms with van der Waals surface area (Å²) >= 11 is 0. The van der Waals surface area contributed by atoms with E-state index in [1.54, 1.807) is 0 Å². The first-order chi connectivity index (χ1) is 11.1. The summed E-state index contributed by atoms with van der Waals surface area (Å²) in [6.07, 6.45) is 12.3. The molecular weight excluding hydrogens is 292 g/mol. The molecule has 4 heteroatoms. The number of phenols is 2. The number of hydrogen-bond donors (Lipinski definition) is 2. The molecule has 0 aliphatic heterocycles. The quantitative estimate of drug-likeness (QED) is 0.411. The summed E-state index contributed by atoms with van der Waals surface area (Å²) in [7, 11) is 0. The van der Waals surface area contributed by atoms with Crippen molar-refractivity contribution in [3.8, 4) is 11.5 Å². The molecule has 0 radical (unpaired) electrons. The molecule has 0 fully saturated rings. The van der Waals surface area contributed by atoms with E-state index in [-0.39, 0.29) is 17.1 Å². The van der Waals surface area contributed by atoms with Crippen LogP contribution in [0.3, 0.4) is 0 Å². The highest BCUT2D eigenvalue weighted by Crippen LogP contribution is 2.21. The average molecular weight is 322 g/mol. The van der Waals surface area contributed by atoms with E-state index >= 15 is 0 Å². The Bertz CT molecular complexity index is 436. The van der Waals surface area contributed by atoms with Crippen molar-refractivity contribution in [1.29, 1.82) is 0 Å². The van der Waals surface area contributed by atoms with Gasteiger partial charge in [0.2, 0.25) is 0 Å².